The zero-order valence-electron chi connectivity index (χ0n) is 21.2. The average Bonchev–Trinajstić information content (AvgIpc) is 3.34. The van der Waals surface area contributed by atoms with Crippen LogP contribution >= 0.6 is 34.8 Å². The highest BCUT2D eigenvalue weighted by molar-refractivity contribution is 6.32. The summed E-state index contributed by atoms with van der Waals surface area (Å²) in [6, 6.07) is 19.2. The SMILES string of the molecule is CCOc1cc(Cl)c(C#N)cc1C1=N[C@@H](c2ccc(Cl)cc2)C(c2ccc(Cl)cc2)N1C(=O)N1CCNCC1. The highest BCUT2D eigenvalue weighted by atomic mass is 35.5. The molecule has 0 spiro atoms. The molecule has 2 aliphatic rings. The number of hydrogen-bond donors (Lipinski definition) is 1. The number of benzene rings is 3. The van der Waals surface area contributed by atoms with Gasteiger partial charge < -0.3 is 15.0 Å². The molecule has 200 valence electrons. The van der Waals surface area contributed by atoms with E-state index >= 15 is 0 Å². The summed E-state index contributed by atoms with van der Waals surface area (Å²) < 4.78 is 5.95. The molecule has 0 bridgehead atoms. The highest BCUT2D eigenvalue weighted by Gasteiger charge is 2.44. The van der Waals surface area contributed by atoms with Crippen molar-refractivity contribution in [3.63, 3.8) is 0 Å². The maximum atomic E-state index is 14.3. The van der Waals surface area contributed by atoms with Gasteiger partial charge in [0.25, 0.3) is 0 Å². The summed E-state index contributed by atoms with van der Waals surface area (Å²) in [5.74, 6) is 0.861. The summed E-state index contributed by atoms with van der Waals surface area (Å²) in [5.41, 5.74) is 2.55. The van der Waals surface area contributed by atoms with Crippen molar-refractivity contribution in [3.05, 3.63) is 98.0 Å². The molecule has 1 fully saturated rings. The van der Waals surface area contributed by atoms with Crippen molar-refractivity contribution >= 4 is 46.7 Å². The summed E-state index contributed by atoms with van der Waals surface area (Å²) in [6.45, 7) is 4.75. The number of amides is 2. The van der Waals surface area contributed by atoms with Crippen molar-refractivity contribution in [2.75, 3.05) is 32.8 Å². The van der Waals surface area contributed by atoms with Gasteiger partial charge in [0.05, 0.1) is 28.8 Å². The maximum Gasteiger partial charge on any atom is 0.326 e. The third-order valence-corrected chi connectivity index (χ3v) is 7.63. The topological polar surface area (TPSA) is 81.0 Å². The third kappa shape index (κ3) is 5.57. The van der Waals surface area contributed by atoms with Crippen LogP contribution in [0.1, 0.15) is 41.3 Å². The second-order valence-corrected chi connectivity index (χ2v) is 10.5. The molecule has 3 aromatic carbocycles. The van der Waals surface area contributed by atoms with Crippen LogP contribution in [0.25, 0.3) is 0 Å². The first-order valence-electron chi connectivity index (χ1n) is 12.7. The van der Waals surface area contributed by atoms with E-state index in [1.165, 1.54) is 0 Å². The normalized spacial score (nSPS) is 19.0. The Morgan fingerprint density at radius 1 is 1.03 bits per heavy atom. The molecule has 10 heteroatoms. The van der Waals surface area contributed by atoms with Gasteiger partial charge in [0.15, 0.2) is 0 Å². The van der Waals surface area contributed by atoms with Gasteiger partial charge in [0.1, 0.15) is 23.7 Å². The lowest BCUT2D eigenvalue weighted by Gasteiger charge is -2.36. The highest BCUT2D eigenvalue weighted by Crippen LogP contribution is 2.46. The minimum atomic E-state index is -0.489. The standard InChI is InChI=1S/C29H26Cl3N5O2/c1-2-39-25-16-24(32)20(17-33)15-23(25)28-35-26(18-3-7-21(30)8-4-18)27(19-5-9-22(31)10-6-19)37(28)29(38)36-13-11-34-12-14-36/h3-10,15-16,26-27,34H,2,11-14H2,1H3/t26-,27?/m0/s1. The summed E-state index contributed by atoms with van der Waals surface area (Å²) in [7, 11) is 0. The molecule has 1 unspecified atom stereocenters. The number of carbonyl (C=O) groups excluding carboxylic acids is 1. The molecular weight excluding hydrogens is 557 g/mol. The third-order valence-electron chi connectivity index (χ3n) is 6.81. The van der Waals surface area contributed by atoms with Gasteiger partial charge in [0, 0.05) is 42.3 Å². The number of nitriles is 1. The number of carbonyl (C=O) groups is 1. The largest absolute Gasteiger partial charge is 0.493 e. The molecule has 0 radical (unpaired) electrons. The van der Waals surface area contributed by atoms with Crippen LogP contribution in [0.5, 0.6) is 5.75 Å². The van der Waals surface area contributed by atoms with E-state index in [0.717, 1.165) is 11.1 Å². The molecular formula is C29H26Cl3N5O2. The first kappa shape index (κ1) is 27.3. The quantitative estimate of drug-likeness (QED) is 0.373. The molecule has 2 amide bonds. The van der Waals surface area contributed by atoms with Crippen LogP contribution in [0.4, 0.5) is 4.79 Å². The predicted octanol–water partition coefficient (Wildman–Crippen LogP) is 6.49. The average molecular weight is 583 g/mol. The van der Waals surface area contributed by atoms with Crippen LogP contribution in [-0.4, -0.2) is 54.5 Å². The summed E-state index contributed by atoms with van der Waals surface area (Å²) in [6.07, 6.45) is 0. The number of nitrogens with one attached hydrogen (secondary N) is 1. The van der Waals surface area contributed by atoms with Crippen molar-refractivity contribution in [1.29, 1.82) is 5.26 Å². The number of halogens is 3. The lowest BCUT2D eigenvalue weighted by atomic mass is 9.93. The van der Waals surface area contributed by atoms with Gasteiger partial charge in [-0.1, -0.05) is 59.1 Å². The van der Waals surface area contributed by atoms with Crippen LogP contribution in [0.15, 0.2) is 65.7 Å². The van der Waals surface area contributed by atoms with Gasteiger partial charge >= 0.3 is 6.03 Å². The van der Waals surface area contributed by atoms with Crippen molar-refractivity contribution < 1.29 is 9.53 Å². The fourth-order valence-electron chi connectivity index (χ4n) is 4.95. The Labute approximate surface area is 242 Å². The zero-order valence-corrected chi connectivity index (χ0v) is 23.5. The van der Waals surface area contributed by atoms with Gasteiger partial charge in [-0.25, -0.2) is 4.79 Å². The smallest absolute Gasteiger partial charge is 0.326 e. The van der Waals surface area contributed by atoms with E-state index in [9.17, 15) is 10.1 Å². The van der Waals surface area contributed by atoms with Gasteiger partial charge in [-0.3, -0.25) is 9.89 Å². The molecule has 7 nitrogen and oxygen atoms in total. The molecule has 0 aromatic heterocycles. The molecule has 2 aliphatic heterocycles. The van der Waals surface area contributed by atoms with Crippen molar-refractivity contribution in [2.45, 2.75) is 19.0 Å². The van der Waals surface area contributed by atoms with Crippen LogP contribution in [0.3, 0.4) is 0 Å². The van der Waals surface area contributed by atoms with Crippen LogP contribution in [-0.2, 0) is 0 Å². The van der Waals surface area contributed by atoms with Crippen molar-refractivity contribution in [3.8, 4) is 11.8 Å². The molecule has 2 heterocycles. The van der Waals surface area contributed by atoms with Crippen molar-refractivity contribution in [1.82, 2.24) is 15.1 Å². The Morgan fingerprint density at radius 2 is 1.64 bits per heavy atom. The van der Waals surface area contributed by atoms with E-state index < -0.39 is 12.1 Å². The molecule has 2 atom stereocenters. The fraction of sp³-hybridized carbons (Fsp3) is 0.276. The van der Waals surface area contributed by atoms with Crippen molar-refractivity contribution in [2.24, 2.45) is 4.99 Å². The molecule has 0 saturated carbocycles. The number of amidine groups is 1. The van der Waals surface area contributed by atoms with Gasteiger partial charge in [-0.05, 0) is 48.4 Å². The molecule has 39 heavy (non-hydrogen) atoms. The summed E-state index contributed by atoms with van der Waals surface area (Å²) >= 11 is 18.8. The van der Waals surface area contributed by atoms with E-state index in [1.54, 1.807) is 17.0 Å². The van der Waals surface area contributed by atoms with Gasteiger partial charge in [-0.15, -0.1) is 0 Å². The lowest BCUT2D eigenvalue weighted by molar-refractivity contribution is 0.157. The monoisotopic (exact) mass is 581 g/mol. The van der Waals surface area contributed by atoms with E-state index in [2.05, 4.69) is 11.4 Å². The van der Waals surface area contributed by atoms with E-state index in [4.69, 9.17) is 44.5 Å². The van der Waals surface area contributed by atoms with Gasteiger partial charge in [0.2, 0.25) is 0 Å². The molecule has 3 aromatic rings. The zero-order chi connectivity index (χ0) is 27.5. The Balaban J connectivity index is 1.73. The first-order chi connectivity index (χ1) is 18.9. The number of aliphatic imine (C=N–C) groups is 1. The second kappa shape index (κ2) is 11.8. The Hall–Kier alpha value is -3.28. The maximum absolute atomic E-state index is 14.3. The molecule has 5 rings (SSSR count). The number of ether oxygens (including phenoxy) is 1. The number of nitrogens with zero attached hydrogens (tertiary/aromatic N) is 4. The van der Waals surface area contributed by atoms with Crippen LogP contribution in [0.2, 0.25) is 15.1 Å². The molecule has 1 saturated heterocycles. The minimum absolute atomic E-state index is 0.178. The Bertz CT molecular complexity index is 1430. The molecule has 0 aliphatic carbocycles. The fourth-order valence-corrected chi connectivity index (χ4v) is 5.40. The molecule has 1 N–H and O–H groups in total. The number of hydrogen-bond acceptors (Lipinski definition) is 5. The van der Waals surface area contributed by atoms with E-state index in [1.807, 2.05) is 60.4 Å². The van der Waals surface area contributed by atoms with Crippen LogP contribution < -0.4 is 10.1 Å². The predicted molar refractivity (Wildman–Crippen MR) is 154 cm³/mol. The van der Waals surface area contributed by atoms with Gasteiger partial charge in [-0.2, -0.15) is 5.26 Å². The summed E-state index contributed by atoms with van der Waals surface area (Å²) in [5, 5.41) is 14.5. The summed E-state index contributed by atoms with van der Waals surface area (Å²) in [4.78, 5) is 23.0. The Morgan fingerprint density at radius 3 is 2.23 bits per heavy atom. The number of piperazine rings is 1. The number of rotatable bonds is 5. The second-order valence-electron chi connectivity index (χ2n) is 9.21. The lowest BCUT2D eigenvalue weighted by Crippen LogP contribution is -2.53. The first-order valence-corrected chi connectivity index (χ1v) is 13.8. The van der Waals surface area contributed by atoms with E-state index in [-0.39, 0.29) is 16.6 Å². The van der Waals surface area contributed by atoms with Crippen LogP contribution in [0, 0.1) is 11.3 Å². The van der Waals surface area contributed by atoms with E-state index in [0.29, 0.717) is 60.0 Å². The number of urea groups is 1. The Kier molecular flexibility index (Phi) is 8.29. The minimum Gasteiger partial charge on any atom is -0.493 e.